The fourth-order valence-corrected chi connectivity index (χ4v) is 5.35. The van der Waals surface area contributed by atoms with E-state index >= 15 is 0 Å². The van der Waals surface area contributed by atoms with Crippen LogP contribution in [0.4, 0.5) is 0 Å². The lowest BCUT2D eigenvalue weighted by atomic mass is 9.90. The van der Waals surface area contributed by atoms with Gasteiger partial charge in [0, 0.05) is 18.9 Å². The fourth-order valence-electron chi connectivity index (χ4n) is 5.35. The number of nitrogens with one attached hydrogen (secondary N) is 1. The number of unbranched alkanes of at least 4 members (excludes halogenated alkanes) is 3. The van der Waals surface area contributed by atoms with Crippen molar-refractivity contribution in [1.29, 1.82) is 0 Å². The highest BCUT2D eigenvalue weighted by atomic mass is 16.3. The lowest BCUT2D eigenvalue weighted by Gasteiger charge is -2.17. The van der Waals surface area contributed by atoms with Crippen LogP contribution in [-0.4, -0.2) is 28.3 Å². The number of carbonyl (C=O) groups excluding carboxylic acids is 1. The number of aliphatic hydroxyl groups is 2. The van der Waals surface area contributed by atoms with E-state index < -0.39 is 6.10 Å². The van der Waals surface area contributed by atoms with Crippen molar-refractivity contribution >= 4 is 5.91 Å². The average molecular weight is 440 g/mol. The fraction of sp³-hybridized carbons (Fsp3) is 0.607. The van der Waals surface area contributed by atoms with Gasteiger partial charge in [-0.3, -0.25) is 4.79 Å². The Hall–Kier alpha value is -1.91. The zero-order valence-corrected chi connectivity index (χ0v) is 19.6. The number of aliphatic hydroxyl groups excluding tert-OH is 2. The molecule has 0 heterocycles. The van der Waals surface area contributed by atoms with Crippen LogP contribution in [0.15, 0.2) is 54.1 Å². The van der Waals surface area contributed by atoms with Crippen LogP contribution in [0.1, 0.15) is 76.7 Å². The zero-order chi connectivity index (χ0) is 22.8. The topological polar surface area (TPSA) is 69.6 Å². The summed E-state index contributed by atoms with van der Waals surface area (Å²) in [7, 11) is 0. The maximum atomic E-state index is 12.1. The third-order valence-electron chi connectivity index (χ3n) is 7.14. The first-order chi connectivity index (χ1) is 15.6. The van der Waals surface area contributed by atoms with E-state index in [0.717, 1.165) is 63.4 Å². The van der Waals surface area contributed by atoms with Crippen molar-refractivity contribution in [2.24, 2.45) is 17.8 Å². The van der Waals surface area contributed by atoms with E-state index in [9.17, 15) is 15.0 Å². The number of amides is 1. The van der Waals surface area contributed by atoms with Gasteiger partial charge < -0.3 is 15.5 Å². The highest BCUT2D eigenvalue weighted by molar-refractivity contribution is 5.75. The third kappa shape index (κ3) is 7.60. The number of fused-ring (bicyclic) bond motifs is 1. The Labute approximate surface area is 193 Å². The van der Waals surface area contributed by atoms with Gasteiger partial charge in [0.2, 0.25) is 5.91 Å². The molecule has 1 aromatic carbocycles. The van der Waals surface area contributed by atoms with Gasteiger partial charge in [-0.25, -0.2) is 0 Å². The second-order valence-corrected chi connectivity index (χ2v) is 9.68. The first-order valence-corrected chi connectivity index (χ1v) is 12.6. The molecule has 2 aliphatic rings. The van der Waals surface area contributed by atoms with Crippen LogP contribution in [-0.2, 0) is 11.3 Å². The molecule has 3 N–H and O–H groups in total. The lowest BCUT2D eigenvalue weighted by Crippen LogP contribution is -2.22. The molecule has 0 bridgehead atoms. The van der Waals surface area contributed by atoms with Crippen molar-refractivity contribution < 1.29 is 15.0 Å². The molecular formula is C28H41NO3. The molecule has 2 saturated carbocycles. The molecule has 2 aliphatic carbocycles. The van der Waals surface area contributed by atoms with Crippen molar-refractivity contribution in [1.82, 2.24) is 5.32 Å². The SMILES string of the molecule is CCCCC[C@H](O)/C=C/[C@@H]1[C@H]2C/C(=C/CCCC(=O)NCc3ccccc3)C[C@H]2C[C@H]1O. The molecule has 5 atom stereocenters. The highest BCUT2D eigenvalue weighted by Gasteiger charge is 2.44. The average Bonchev–Trinajstić information content (AvgIpc) is 3.31. The van der Waals surface area contributed by atoms with Crippen molar-refractivity contribution in [2.45, 2.75) is 89.9 Å². The molecule has 0 radical (unpaired) electrons. The number of hydrogen-bond donors (Lipinski definition) is 3. The number of carbonyl (C=O) groups is 1. The number of hydrogen-bond acceptors (Lipinski definition) is 3. The second-order valence-electron chi connectivity index (χ2n) is 9.68. The molecule has 0 spiro atoms. The molecule has 0 unspecified atom stereocenters. The predicted octanol–water partition coefficient (Wildman–Crippen LogP) is 5.30. The van der Waals surface area contributed by atoms with Crippen molar-refractivity contribution in [2.75, 3.05) is 0 Å². The zero-order valence-electron chi connectivity index (χ0n) is 19.6. The first kappa shape index (κ1) is 24.7. The van der Waals surface area contributed by atoms with Gasteiger partial charge in [0.1, 0.15) is 0 Å². The summed E-state index contributed by atoms with van der Waals surface area (Å²) < 4.78 is 0. The van der Waals surface area contributed by atoms with Gasteiger partial charge in [0.05, 0.1) is 12.2 Å². The van der Waals surface area contributed by atoms with Crippen LogP contribution >= 0.6 is 0 Å². The quantitative estimate of drug-likeness (QED) is 0.306. The molecule has 0 aliphatic heterocycles. The maximum Gasteiger partial charge on any atom is 0.220 e. The van der Waals surface area contributed by atoms with Crippen LogP contribution in [0.2, 0.25) is 0 Å². The van der Waals surface area contributed by atoms with E-state index in [1.807, 2.05) is 36.4 Å². The Kier molecular flexibility index (Phi) is 10.0. The molecule has 176 valence electrons. The molecule has 2 fully saturated rings. The molecule has 4 nitrogen and oxygen atoms in total. The third-order valence-corrected chi connectivity index (χ3v) is 7.14. The predicted molar refractivity (Wildman–Crippen MR) is 130 cm³/mol. The minimum absolute atomic E-state index is 0.112. The van der Waals surface area contributed by atoms with E-state index in [2.05, 4.69) is 24.4 Å². The van der Waals surface area contributed by atoms with Crippen LogP contribution in [0.5, 0.6) is 0 Å². The minimum Gasteiger partial charge on any atom is -0.392 e. The van der Waals surface area contributed by atoms with Gasteiger partial charge in [-0.2, -0.15) is 0 Å². The largest absolute Gasteiger partial charge is 0.392 e. The Bertz CT molecular complexity index is 757. The lowest BCUT2D eigenvalue weighted by molar-refractivity contribution is -0.121. The van der Waals surface area contributed by atoms with Crippen LogP contribution < -0.4 is 5.32 Å². The molecule has 32 heavy (non-hydrogen) atoms. The summed E-state index contributed by atoms with van der Waals surface area (Å²) in [6.45, 7) is 2.76. The molecule has 1 amide bonds. The van der Waals surface area contributed by atoms with Gasteiger partial charge in [-0.15, -0.1) is 0 Å². The summed E-state index contributed by atoms with van der Waals surface area (Å²) in [5.41, 5.74) is 2.61. The monoisotopic (exact) mass is 439 g/mol. The van der Waals surface area contributed by atoms with Crippen molar-refractivity contribution in [3.63, 3.8) is 0 Å². The number of benzene rings is 1. The van der Waals surface area contributed by atoms with E-state index in [1.165, 1.54) is 5.57 Å². The van der Waals surface area contributed by atoms with E-state index in [0.29, 0.717) is 24.8 Å². The molecule has 0 saturated heterocycles. The standard InChI is InChI=1S/C28H41NO3/c1-2-3-5-13-24(30)15-16-25-26-18-22(17-23(26)19-27(25)31)12-8-9-14-28(32)29-20-21-10-6-4-7-11-21/h4,6-7,10-12,15-16,23-27,30-31H,2-3,5,8-9,13-14,17-20H2,1H3,(H,29,32)/b16-15+,22-12+/t23-,24-,25+,26-,27+/m0/s1. The summed E-state index contributed by atoms with van der Waals surface area (Å²) in [6, 6.07) is 10.00. The summed E-state index contributed by atoms with van der Waals surface area (Å²) in [6.07, 6.45) is 15.2. The second kappa shape index (κ2) is 13.0. The Morgan fingerprint density at radius 2 is 2.00 bits per heavy atom. The molecular weight excluding hydrogens is 398 g/mol. The minimum atomic E-state index is -0.391. The summed E-state index contributed by atoms with van der Waals surface area (Å²) in [5.74, 6) is 1.32. The normalized spacial score (nSPS) is 27.2. The van der Waals surface area contributed by atoms with E-state index in [1.54, 1.807) is 0 Å². The van der Waals surface area contributed by atoms with Gasteiger partial charge in [0.25, 0.3) is 0 Å². The Morgan fingerprint density at radius 3 is 2.78 bits per heavy atom. The molecule has 4 heteroatoms. The number of allylic oxidation sites excluding steroid dienone is 2. The van der Waals surface area contributed by atoms with E-state index in [-0.39, 0.29) is 17.9 Å². The summed E-state index contributed by atoms with van der Waals surface area (Å²) >= 11 is 0. The molecule has 3 rings (SSSR count). The first-order valence-electron chi connectivity index (χ1n) is 12.6. The van der Waals surface area contributed by atoms with Gasteiger partial charge in [-0.05, 0) is 55.9 Å². The Morgan fingerprint density at radius 1 is 1.19 bits per heavy atom. The molecule has 0 aromatic heterocycles. The van der Waals surface area contributed by atoms with Gasteiger partial charge >= 0.3 is 0 Å². The number of rotatable bonds is 12. The van der Waals surface area contributed by atoms with Crippen molar-refractivity contribution in [3.05, 3.63) is 59.7 Å². The summed E-state index contributed by atoms with van der Waals surface area (Å²) in [4.78, 5) is 12.1. The van der Waals surface area contributed by atoms with Gasteiger partial charge in [0.15, 0.2) is 0 Å². The smallest absolute Gasteiger partial charge is 0.220 e. The summed E-state index contributed by atoms with van der Waals surface area (Å²) in [5, 5.41) is 23.7. The Balaban J connectivity index is 1.37. The van der Waals surface area contributed by atoms with Crippen LogP contribution in [0, 0.1) is 17.8 Å². The van der Waals surface area contributed by atoms with E-state index in [4.69, 9.17) is 0 Å². The van der Waals surface area contributed by atoms with Crippen LogP contribution in [0.25, 0.3) is 0 Å². The molecule has 1 aromatic rings. The van der Waals surface area contributed by atoms with Crippen LogP contribution in [0.3, 0.4) is 0 Å². The highest BCUT2D eigenvalue weighted by Crippen LogP contribution is 2.50. The maximum absolute atomic E-state index is 12.1. The van der Waals surface area contributed by atoms with Gasteiger partial charge in [-0.1, -0.05) is 80.3 Å². The van der Waals surface area contributed by atoms with Crippen molar-refractivity contribution in [3.8, 4) is 0 Å².